The zero-order valence-electron chi connectivity index (χ0n) is 14.8. The lowest BCUT2D eigenvalue weighted by Gasteiger charge is -2.10. The Morgan fingerprint density at radius 1 is 1.19 bits per heavy atom. The van der Waals surface area contributed by atoms with Crippen LogP contribution in [-0.2, 0) is 4.74 Å². The van der Waals surface area contributed by atoms with Gasteiger partial charge < -0.3 is 14.8 Å². The van der Waals surface area contributed by atoms with Gasteiger partial charge in [-0.1, -0.05) is 18.2 Å². The number of hydrogen-bond acceptors (Lipinski definition) is 4. The van der Waals surface area contributed by atoms with Gasteiger partial charge >= 0.3 is 5.97 Å². The topological polar surface area (TPSA) is 62.3 Å². The van der Waals surface area contributed by atoms with Crippen LogP contribution in [0, 0.1) is 13.8 Å². The van der Waals surface area contributed by atoms with Crippen LogP contribution in [0.3, 0.4) is 0 Å². The van der Waals surface area contributed by atoms with Crippen LogP contribution in [0.1, 0.15) is 27.0 Å². The summed E-state index contributed by atoms with van der Waals surface area (Å²) in [5.74, 6) is -0.566. The number of phenols is 1. The molecule has 0 saturated heterocycles. The normalized spacial score (nSPS) is 11.3. The van der Waals surface area contributed by atoms with Crippen molar-refractivity contribution in [3.05, 3.63) is 51.7 Å². The Hall–Kier alpha value is -2.79. The Labute approximate surface area is 155 Å². The van der Waals surface area contributed by atoms with Gasteiger partial charge in [0.05, 0.1) is 12.1 Å². The number of rotatable bonds is 3. The minimum Gasteiger partial charge on any atom is -0.507 e. The third kappa shape index (κ3) is 2.47. The number of thiophene rings is 1. The maximum absolute atomic E-state index is 12.5. The van der Waals surface area contributed by atoms with E-state index < -0.39 is 5.97 Å². The molecule has 2 aromatic carbocycles. The van der Waals surface area contributed by atoms with Crippen molar-refractivity contribution in [2.75, 3.05) is 6.61 Å². The molecular weight excluding hydrogens is 346 g/mol. The number of aromatic nitrogens is 1. The number of aromatic amines is 1. The second kappa shape index (κ2) is 6.18. The molecule has 0 saturated carbocycles. The highest BCUT2D eigenvalue weighted by molar-refractivity contribution is 7.12. The Balaban J connectivity index is 2.15. The zero-order chi connectivity index (χ0) is 18.4. The molecule has 0 aliphatic heterocycles. The van der Waals surface area contributed by atoms with E-state index in [2.05, 4.69) is 24.9 Å². The quantitative estimate of drug-likeness (QED) is 0.468. The van der Waals surface area contributed by atoms with E-state index in [9.17, 15) is 9.90 Å². The molecule has 0 aliphatic rings. The van der Waals surface area contributed by atoms with E-state index in [1.165, 1.54) is 9.75 Å². The Morgan fingerprint density at radius 2 is 1.96 bits per heavy atom. The Morgan fingerprint density at radius 3 is 2.65 bits per heavy atom. The number of carbonyl (C=O) groups excluding carboxylic acids is 1. The lowest BCUT2D eigenvalue weighted by Crippen LogP contribution is -2.06. The first kappa shape index (κ1) is 16.7. The molecule has 0 aliphatic carbocycles. The number of benzene rings is 2. The highest BCUT2D eigenvalue weighted by Crippen LogP contribution is 2.42. The van der Waals surface area contributed by atoms with Crippen molar-refractivity contribution in [2.45, 2.75) is 20.8 Å². The monoisotopic (exact) mass is 365 g/mol. The minimum atomic E-state index is -0.510. The van der Waals surface area contributed by atoms with Gasteiger partial charge in [-0.3, -0.25) is 0 Å². The van der Waals surface area contributed by atoms with Gasteiger partial charge in [0.2, 0.25) is 0 Å². The highest BCUT2D eigenvalue weighted by atomic mass is 32.1. The molecule has 2 heterocycles. The molecular formula is C21H19NO3S. The molecule has 5 heteroatoms. The average molecular weight is 365 g/mol. The van der Waals surface area contributed by atoms with E-state index in [0.29, 0.717) is 5.39 Å². The number of aromatic hydroxyl groups is 1. The molecule has 2 aromatic heterocycles. The number of aryl methyl sites for hydroxylation is 2. The number of ether oxygens (including phenoxy) is 1. The van der Waals surface area contributed by atoms with Gasteiger partial charge in [0.1, 0.15) is 11.3 Å². The van der Waals surface area contributed by atoms with Gasteiger partial charge in [0.15, 0.2) is 0 Å². The van der Waals surface area contributed by atoms with Crippen LogP contribution in [0.25, 0.3) is 32.9 Å². The van der Waals surface area contributed by atoms with Crippen molar-refractivity contribution in [1.82, 2.24) is 4.98 Å². The summed E-state index contributed by atoms with van der Waals surface area (Å²) in [4.78, 5) is 18.4. The lowest BCUT2D eigenvalue weighted by atomic mass is 9.97. The molecule has 26 heavy (non-hydrogen) atoms. The first-order chi connectivity index (χ1) is 12.5. The molecule has 4 aromatic rings. The van der Waals surface area contributed by atoms with Crippen molar-refractivity contribution in [1.29, 1.82) is 0 Å². The van der Waals surface area contributed by atoms with E-state index >= 15 is 0 Å². The number of esters is 1. The van der Waals surface area contributed by atoms with Gasteiger partial charge in [-0.15, -0.1) is 11.3 Å². The molecule has 0 atom stereocenters. The van der Waals surface area contributed by atoms with Crippen molar-refractivity contribution in [3.8, 4) is 16.9 Å². The third-order valence-corrected chi connectivity index (χ3v) is 5.54. The van der Waals surface area contributed by atoms with Crippen molar-refractivity contribution in [2.24, 2.45) is 0 Å². The second-order valence-electron chi connectivity index (χ2n) is 6.29. The summed E-state index contributed by atoms with van der Waals surface area (Å²) in [6, 6.07) is 11.6. The van der Waals surface area contributed by atoms with Gasteiger partial charge in [-0.25, -0.2) is 4.79 Å². The van der Waals surface area contributed by atoms with E-state index in [0.717, 1.165) is 27.5 Å². The number of H-pyrrole nitrogens is 1. The smallest absolute Gasteiger partial charge is 0.342 e. The van der Waals surface area contributed by atoms with Crippen molar-refractivity contribution < 1.29 is 14.6 Å². The van der Waals surface area contributed by atoms with E-state index in [4.69, 9.17) is 4.74 Å². The van der Waals surface area contributed by atoms with Crippen LogP contribution in [0.2, 0.25) is 0 Å². The summed E-state index contributed by atoms with van der Waals surface area (Å²) in [7, 11) is 0. The molecule has 0 bridgehead atoms. The fourth-order valence-electron chi connectivity index (χ4n) is 3.53. The maximum Gasteiger partial charge on any atom is 0.342 e. The molecule has 0 fully saturated rings. The summed E-state index contributed by atoms with van der Waals surface area (Å²) in [6.45, 7) is 6.15. The number of para-hydroxylation sites is 1. The SMILES string of the molecule is CCOC(=O)c1c(O)cc(-c2cc(C)sc2C)c2[nH]c3ccccc3c12. The van der Waals surface area contributed by atoms with Gasteiger partial charge in [-0.2, -0.15) is 0 Å². The summed E-state index contributed by atoms with van der Waals surface area (Å²) in [5.41, 5.74) is 3.93. The molecule has 0 radical (unpaired) electrons. The highest BCUT2D eigenvalue weighted by Gasteiger charge is 2.24. The first-order valence-electron chi connectivity index (χ1n) is 8.52. The number of hydrogen-bond donors (Lipinski definition) is 2. The predicted octanol–water partition coefficient (Wildman–Crippen LogP) is 5.55. The minimum absolute atomic E-state index is 0.0565. The van der Waals surface area contributed by atoms with Crippen molar-refractivity contribution >= 4 is 39.1 Å². The molecule has 132 valence electrons. The van der Waals surface area contributed by atoms with Gasteiger partial charge in [0, 0.05) is 31.6 Å². The Kier molecular flexibility index (Phi) is 3.96. The molecule has 0 amide bonds. The fourth-order valence-corrected chi connectivity index (χ4v) is 4.47. The number of fused-ring (bicyclic) bond motifs is 3. The molecule has 4 rings (SSSR count). The summed E-state index contributed by atoms with van der Waals surface area (Å²) in [5, 5.41) is 12.3. The second-order valence-corrected chi connectivity index (χ2v) is 7.75. The predicted molar refractivity (Wildman–Crippen MR) is 106 cm³/mol. The summed E-state index contributed by atoms with van der Waals surface area (Å²) >= 11 is 1.72. The molecule has 2 N–H and O–H groups in total. The maximum atomic E-state index is 12.5. The first-order valence-corrected chi connectivity index (χ1v) is 9.33. The fraction of sp³-hybridized carbons (Fsp3) is 0.190. The largest absolute Gasteiger partial charge is 0.507 e. The molecule has 0 unspecified atom stereocenters. The Bertz CT molecular complexity index is 1150. The van der Waals surface area contributed by atoms with Crippen LogP contribution < -0.4 is 0 Å². The molecule has 4 nitrogen and oxygen atoms in total. The van der Waals surface area contributed by atoms with Crippen LogP contribution in [0.5, 0.6) is 5.75 Å². The van der Waals surface area contributed by atoms with E-state index in [1.54, 1.807) is 24.3 Å². The number of nitrogens with one attached hydrogen (secondary N) is 1. The van der Waals surface area contributed by atoms with Crippen LogP contribution >= 0.6 is 11.3 Å². The lowest BCUT2D eigenvalue weighted by molar-refractivity contribution is 0.0525. The number of phenolic OH excluding ortho intramolecular Hbond substituents is 1. The third-order valence-electron chi connectivity index (χ3n) is 4.57. The number of carbonyl (C=O) groups is 1. The summed E-state index contributed by atoms with van der Waals surface area (Å²) in [6.07, 6.45) is 0. The van der Waals surface area contributed by atoms with Gasteiger partial charge in [0.25, 0.3) is 0 Å². The van der Waals surface area contributed by atoms with Crippen molar-refractivity contribution in [3.63, 3.8) is 0 Å². The van der Waals surface area contributed by atoms with Gasteiger partial charge in [-0.05, 0) is 44.5 Å². The molecule has 0 spiro atoms. The summed E-state index contributed by atoms with van der Waals surface area (Å²) < 4.78 is 5.20. The standard InChI is InChI=1S/C21H19NO3S/c1-4-25-21(24)19-17(23)10-15(14-9-11(2)26-12(14)3)20-18(19)13-7-5-6-8-16(13)22-20/h5-10,22-23H,4H2,1-3H3. The zero-order valence-corrected chi connectivity index (χ0v) is 15.7. The van der Waals surface area contributed by atoms with E-state index in [-0.39, 0.29) is 17.9 Å². The average Bonchev–Trinajstić information content (AvgIpc) is 3.14. The van der Waals surface area contributed by atoms with E-state index in [1.807, 2.05) is 24.3 Å². The van der Waals surface area contributed by atoms with Crippen LogP contribution in [0.15, 0.2) is 36.4 Å². The van der Waals surface area contributed by atoms with Crippen LogP contribution in [-0.4, -0.2) is 22.7 Å². The van der Waals surface area contributed by atoms with Crippen LogP contribution in [0.4, 0.5) is 0 Å².